The minimum atomic E-state index is 1.16. The van der Waals surface area contributed by atoms with Crippen molar-refractivity contribution in [2.75, 3.05) is 0 Å². The Labute approximate surface area is 354 Å². The number of benzene rings is 6. The van der Waals surface area contributed by atoms with Crippen LogP contribution >= 0.6 is 0 Å². The highest BCUT2D eigenvalue weighted by atomic mass is 14.2. The second-order valence-electron chi connectivity index (χ2n) is 15.1. The number of hydrogen-bond acceptors (Lipinski definition) is 0. The molecule has 0 fully saturated rings. The van der Waals surface area contributed by atoms with E-state index in [1.807, 2.05) is 38.1 Å². The summed E-state index contributed by atoms with van der Waals surface area (Å²) in [5.74, 6) is 0. The summed E-state index contributed by atoms with van der Waals surface area (Å²) in [5.41, 5.74) is 21.7. The summed E-state index contributed by atoms with van der Waals surface area (Å²) < 4.78 is 0. The van der Waals surface area contributed by atoms with Gasteiger partial charge >= 0.3 is 0 Å². The summed E-state index contributed by atoms with van der Waals surface area (Å²) in [6, 6.07) is 49.5. The van der Waals surface area contributed by atoms with Crippen LogP contribution in [0.5, 0.6) is 0 Å². The second kappa shape index (κ2) is 21.3. The van der Waals surface area contributed by atoms with E-state index in [1.165, 1.54) is 114 Å². The van der Waals surface area contributed by atoms with Crippen LogP contribution in [0.2, 0.25) is 0 Å². The fraction of sp³-hybridized carbons (Fsp3) is 0.169. The van der Waals surface area contributed by atoms with Crippen LogP contribution in [0.3, 0.4) is 0 Å². The maximum Gasteiger partial charge on any atom is -0.00990 e. The minimum Gasteiger partial charge on any atom is -0.120 e. The van der Waals surface area contributed by atoms with Crippen LogP contribution in [0.1, 0.15) is 74.3 Å². The molecule has 9 rings (SSSR count). The molecule has 59 heavy (non-hydrogen) atoms. The lowest BCUT2D eigenvalue weighted by Crippen LogP contribution is -2.01. The monoisotopic (exact) mass is 766 g/mol. The van der Waals surface area contributed by atoms with Crippen LogP contribution in [0.25, 0.3) is 44.2 Å². The van der Waals surface area contributed by atoms with Gasteiger partial charge in [0, 0.05) is 0 Å². The molecule has 3 aliphatic carbocycles. The van der Waals surface area contributed by atoms with Crippen molar-refractivity contribution in [2.45, 2.75) is 66.7 Å². The maximum absolute atomic E-state index is 4.30. The Morgan fingerprint density at radius 1 is 0.542 bits per heavy atom. The first-order valence-corrected chi connectivity index (χ1v) is 21.3. The first-order valence-electron chi connectivity index (χ1n) is 21.3. The lowest BCUT2D eigenvalue weighted by Gasteiger charge is -2.20. The molecule has 0 saturated heterocycles. The summed E-state index contributed by atoms with van der Waals surface area (Å²) in [4.78, 5) is 0. The van der Waals surface area contributed by atoms with E-state index in [0.717, 1.165) is 6.42 Å². The van der Waals surface area contributed by atoms with Gasteiger partial charge in [0.2, 0.25) is 0 Å². The second-order valence-corrected chi connectivity index (χ2v) is 15.1. The molecule has 0 atom stereocenters. The zero-order valence-electron chi connectivity index (χ0n) is 35.6. The molecule has 0 saturated carbocycles. The molecule has 0 nitrogen and oxygen atoms in total. The average Bonchev–Trinajstić information content (AvgIpc) is 3.57. The number of aryl methyl sites for hydroxylation is 3. The molecule has 0 heteroatoms. The first kappa shape index (κ1) is 42.2. The number of hydrogen-bond donors (Lipinski definition) is 0. The number of allylic oxidation sites excluding steroid dienone is 12. The molecule has 3 aliphatic rings. The van der Waals surface area contributed by atoms with Crippen molar-refractivity contribution in [3.63, 3.8) is 0 Å². The molecule has 0 heterocycles. The van der Waals surface area contributed by atoms with Crippen LogP contribution in [0, 0.1) is 13.8 Å². The maximum atomic E-state index is 4.30. The van der Waals surface area contributed by atoms with Crippen molar-refractivity contribution in [1.29, 1.82) is 0 Å². The molecular formula is C59H58. The van der Waals surface area contributed by atoms with Gasteiger partial charge in [0.1, 0.15) is 0 Å². The molecule has 0 aromatic heterocycles. The fourth-order valence-electron chi connectivity index (χ4n) is 7.83. The lowest BCUT2D eigenvalue weighted by molar-refractivity contribution is 0.795. The zero-order chi connectivity index (χ0) is 41.4. The third-order valence-corrected chi connectivity index (χ3v) is 10.9. The van der Waals surface area contributed by atoms with Crippen LogP contribution in [-0.4, -0.2) is 0 Å². The molecule has 294 valence electrons. The van der Waals surface area contributed by atoms with Gasteiger partial charge in [-0.2, -0.15) is 0 Å². The Bertz CT molecular complexity index is 2590. The predicted molar refractivity (Wildman–Crippen MR) is 259 cm³/mol. The highest BCUT2D eigenvalue weighted by Crippen LogP contribution is 2.33. The molecule has 6 aromatic carbocycles. The molecule has 0 spiro atoms. The van der Waals surface area contributed by atoms with Crippen molar-refractivity contribution in [3.8, 4) is 22.3 Å². The minimum absolute atomic E-state index is 1.16. The average molecular weight is 767 g/mol. The van der Waals surface area contributed by atoms with Gasteiger partial charge in [0.05, 0.1) is 0 Å². The zero-order valence-corrected chi connectivity index (χ0v) is 35.6. The third kappa shape index (κ3) is 11.4. The predicted octanol–water partition coefficient (Wildman–Crippen LogP) is 16.8. The Morgan fingerprint density at radius 2 is 1.20 bits per heavy atom. The highest BCUT2D eigenvalue weighted by molar-refractivity contribution is 5.98. The smallest absolute Gasteiger partial charge is 0.00990 e. The van der Waals surface area contributed by atoms with Gasteiger partial charge in [-0.1, -0.05) is 201 Å². The van der Waals surface area contributed by atoms with Gasteiger partial charge in [-0.25, -0.2) is 0 Å². The first-order chi connectivity index (χ1) is 28.9. The molecule has 0 unspecified atom stereocenters. The summed E-state index contributed by atoms with van der Waals surface area (Å²) in [6.45, 7) is 14.8. The van der Waals surface area contributed by atoms with Crippen LogP contribution < -0.4 is 0 Å². The van der Waals surface area contributed by atoms with Crippen molar-refractivity contribution in [1.82, 2.24) is 0 Å². The third-order valence-electron chi connectivity index (χ3n) is 10.9. The van der Waals surface area contributed by atoms with Gasteiger partial charge in [-0.05, 0) is 149 Å². The Kier molecular flexibility index (Phi) is 15.2. The van der Waals surface area contributed by atoms with E-state index in [-0.39, 0.29) is 0 Å². The van der Waals surface area contributed by atoms with Gasteiger partial charge in [0.25, 0.3) is 0 Å². The summed E-state index contributed by atoms with van der Waals surface area (Å²) in [5, 5.41) is 2.62. The largest absolute Gasteiger partial charge is 0.120 e. The number of fused-ring (bicyclic) bond motifs is 2. The van der Waals surface area contributed by atoms with Crippen molar-refractivity contribution >= 4 is 21.9 Å². The standard InChI is InChI=1S/C20H22.C19H16.C18H14.C2H6/c1-15-7-5-10-18(13-15)19-11-6-9-17-8-3-4-12-20(17)16(2)14-19;1-15-10-12-17(13-11-15)19-9-5-8-18(14-19)16-6-3-2-4-7-16;1-14-12-13-17(15-8-4-2-3-5-9-15)18-11-7-6-10-16(14)18;1-2/h3-4,7-8,12-14H,2,5-6,9-11H2,1H3;2-14H,1H3;2-4,6-13H,1H3;1-2H3/b19-14+;;;. The van der Waals surface area contributed by atoms with Gasteiger partial charge in [-0.15, -0.1) is 5.73 Å². The molecule has 0 N–H and O–H groups in total. The van der Waals surface area contributed by atoms with E-state index in [9.17, 15) is 0 Å². The van der Waals surface area contributed by atoms with Crippen molar-refractivity contribution < 1.29 is 0 Å². The van der Waals surface area contributed by atoms with E-state index >= 15 is 0 Å². The molecule has 6 aromatic rings. The summed E-state index contributed by atoms with van der Waals surface area (Å²) >= 11 is 0. The fourth-order valence-corrected chi connectivity index (χ4v) is 7.83. The molecule has 0 amide bonds. The van der Waals surface area contributed by atoms with Crippen LogP contribution in [0.4, 0.5) is 0 Å². The van der Waals surface area contributed by atoms with E-state index < -0.39 is 0 Å². The Balaban J connectivity index is 0.000000146. The van der Waals surface area contributed by atoms with Crippen molar-refractivity contribution in [3.05, 3.63) is 245 Å². The molecule has 0 radical (unpaired) electrons. The van der Waals surface area contributed by atoms with E-state index in [1.54, 1.807) is 0 Å². The molecular weight excluding hydrogens is 709 g/mol. The van der Waals surface area contributed by atoms with Crippen LogP contribution in [-0.2, 0) is 6.42 Å². The lowest BCUT2D eigenvalue weighted by atomic mass is 9.85. The molecule has 0 aliphatic heterocycles. The normalized spacial score (nSPS) is 15.0. The quantitative estimate of drug-likeness (QED) is 0.157. The van der Waals surface area contributed by atoms with E-state index in [2.05, 4.69) is 197 Å². The van der Waals surface area contributed by atoms with Gasteiger partial charge in [0.15, 0.2) is 0 Å². The van der Waals surface area contributed by atoms with Crippen molar-refractivity contribution in [2.24, 2.45) is 0 Å². The van der Waals surface area contributed by atoms with E-state index in [0.29, 0.717) is 0 Å². The highest BCUT2D eigenvalue weighted by Gasteiger charge is 2.14. The Morgan fingerprint density at radius 3 is 1.97 bits per heavy atom. The summed E-state index contributed by atoms with van der Waals surface area (Å²) in [6.07, 6.45) is 23.1. The molecule has 0 bridgehead atoms. The number of rotatable bonds is 4. The van der Waals surface area contributed by atoms with E-state index in [4.69, 9.17) is 0 Å². The van der Waals surface area contributed by atoms with Gasteiger partial charge in [-0.3, -0.25) is 0 Å². The van der Waals surface area contributed by atoms with Gasteiger partial charge < -0.3 is 0 Å². The topological polar surface area (TPSA) is 0 Å². The van der Waals surface area contributed by atoms with Crippen LogP contribution in [0.15, 0.2) is 217 Å². The Hall–Kier alpha value is -6.46. The SMILES string of the molecule is C=C1/C=C(/C2=CC(C)=CCC2)CCCc2ccccc21.CC.Cc1ccc(-c2cccc(-c3ccccc3)c2)cc1.Cc1ccc(C2=CC=CC=C=C2)c2ccccc12. The summed E-state index contributed by atoms with van der Waals surface area (Å²) in [7, 11) is 0.